The van der Waals surface area contributed by atoms with Crippen molar-refractivity contribution >= 4 is 29.2 Å². The van der Waals surface area contributed by atoms with Gasteiger partial charge in [-0.3, -0.25) is 9.59 Å². The summed E-state index contributed by atoms with van der Waals surface area (Å²) in [6.45, 7) is 0.567. The smallest absolute Gasteiger partial charge is 0.204 e. The van der Waals surface area contributed by atoms with Gasteiger partial charge in [0.05, 0.1) is 30.6 Å². The molecule has 0 fully saturated rings. The number of azide groups is 2. The van der Waals surface area contributed by atoms with Crippen LogP contribution in [0.2, 0.25) is 0 Å². The van der Waals surface area contributed by atoms with Crippen molar-refractivity contribution in [2.45, 2.75) is 6.04 Å². The zero-order valence-electron chi connectivity index (χ0n) is 18.0. The number of nitrogens with zero attached hydrogens (tertiary/aromatic N) is 8. The van der Waals surface area contributed by atoms with Gasteiger partial charge in [0, 0.05) is 66.2 Å². The minimum absolute atomic E-state index is 0.0269. The van der Waals surface area contributed by atoms with Gasteiger partial charge in [-0.25, -0.2) is 0 Å². The molecule has 0 saturated carbocycles. The third-order valence-corrected chi connectivity index (χ3v) is 4.81. The number of allylic oxidation sites excluding steroid dienone is 2. The number of nitrogens with one attached hydrogen (secondary N) is 2. The molecule has 0 amide bonds. The van der Waals surface area contributed by atoms with Crippen LogP contribution in [0.1, 0.15) is 0 Å². The predicted molar refractivity (Wildman–Crippen MR) is 124 cm³/mol. The zero-order valence-corrected chi connectivity index (χ0v) is 18.0. The maximum absolute atomic E-state index is 12.5. The summed E-state index contributed by atoms with van der Waals surface area (Å²) in [4.78, 5) is 33.6. The van der Waals surface area contributed by atoms with Crippen LogP contribution in [0.5, 0.6) is 0 Å². The van der Waals surface area contributed by atoms with Gasteiger partial charge in [-0.1, -0.05) is 10.2 Å². The van der Waals surface area contributed by atoms with E-state index in [4.69, 9.17) is 21.6 Å². The highest BCUT2D eigenvalue weighted by molar-refractivity contribution is 6.20. The van der Waals surface area contributed by atoms with Crippen molar-refractivity contribution in [3.8, 4) is 0 Å². The molecule has 1 aliphatic rings. The highest BCUT2D eigenvalue weighted by Gasteiger charge is 2.23. The van der Waals surface area contributed by atoms with E-state index in [0.29, 0.717) is 17.9 Å². The molecule has 0 bridgehead atoms. The van der Waals surface area contributed by atoms with Crippen LogP contribution in [0.4, 0.5) is 11.4 Å². The fourth-order valence-electron chi connectivity index (χ4n) is 3.15. The number of rotatable bonds is 13. The minimum Gasteiger partial charge on any atom is -0.395 e. The van der Waals surface area contributed by atoms with E-state index in [9.17, 15) is 9.59 Å². The molecule has 0 aliphatic heterocycles. The maximum Gasteiger partial charge on any atom is 0.204 e. The highest BCUT2D eigenvalue weighted by atomic mass is 16.3. The fourth-order valence-corrected chi connectivity index (χ4v) is 3.15. The number of benzene rings is 1. The number of ketones is 2. The first-order valence-electron chi connectivity index (χ1n) is 9.95. The standard InChI is InChI=1S/C20H24N10O3/c1-29(8-9-31)18-11-19(32)17(10-20(18)33)26-14-2-4-15(5-3-14)30(7-6-24-27-22)16(12-21)13-25-28-23/h2-5,10-12,16,21,26,31H,6-9,13H2,1H3. The lowest BCUT2D eigenvalue weighted by atomic mass is 10.1. The van der Waals surface area contributed by atoms with Crippen LogP contribution in [0.25, 0.3) is 20.9 Å². The minimum atomic E-state index is -0.534. The van der Waals surface area contributed by atoms with Crippen LogP contribution in [-0.2, 0) is 9.59 Å². The number of hydrogen-bond acceptors (Lipinski definition) is 9. The van der Waals surface area contributed by atoms with Crippen molar-refractivity contribution in [1.82, 2.24) is 4.90 Å². The van der Waals surface area contributed by atoms with Crippen LogP contribution in [0, 0.1) is 5.41 Å². The number of anilines is 2. The third-order valence-electron chi connectivity index (χ3n) is 4.81. The van der Waals surface area contributed by atoms with Gasteiger partial charge in [0.25, 0.3) is 0 Å². The normalized spacial score (nSPS) is 13.6. The molecule has 1 unspecified atom stereocenters. The van der Waals surface area contributed by atoms with E-state index in [2.05, 4.69) is 25.4 Å². The lowest BCUT2D eigenvalue weighted by molar-refractivity contribution is -0.116. The summed E-state index contributed by atoms with van der Waals surface area (Å²) < 4.78 is 0. The Balaban J connectivity index is 2.18. The summed E-state index contributed by atoms with van der Waals surface area (Å²) in [7, 11) is 1.62. The van der Waals surface area contributed by atoms with E-state index in [1.807, 2.05) is 0 Å². The number of likely N-dealkylation sites (N-methyl/N-ethyl adjacent to an activating group) is 1. The highest BCUT2D eigenvalue weighted by Crippen LogP contribution is 2.22. The molecule has 172 valence electrons. The van der Waals surface area contributed by atoms with Gasteiger partial charge in [-0.2, -0.15) is 0 Å². The molecule has 0 spiro atoms. The molecule has 0 radical (unpaired) electrons. The van der Waals surface area contributed by atoms with Crippen LogP contribution < -0.4 is 10.2 Å². The number of carbonyl (C=O) groups excluding carboxylic acids is 2. The summed E-state index contributed by atoms with van der Waals surface area (Å²) in [5.74, 6) is -0.714. The maximum atomic E-state index is 12.5. The van der Waals surface area contributed by atoms with Gasteiger partial charge in [0.15, 0.2) is 0 Å². The average Bonchev–Trinajstić information content (AvgIpc) is 2.81. The molecular formula is C20H24N10O3. The second-order valence-electron chi connectivity index (χ2n) is 6.93. The topological polar surface area (TPSA) is 194 Å². The van der Waals surface area contributed by atoms with Gasteiger partial charge in [0.1, 0.15) is 0 Å². The van der Waals surface area contributed by atoms with E-state index < -0.39 is 6.04 Å². The average molecular weight is 452 g/mol. The predicted octanol–water partition coefficient (Wildman–Crippen LogP) is 2.39. The first kappa shape index (κ1) is 25.0. The van der Waals surface area contributed by atoms with Crippen molar-refractivity contribution in [3.63, 3.8) is 0 Å². The van der Waals surface area contributed by atoms with Crippen molar-refractivity contribution < 1.29 is 14.7 Å². The molecule has 1 aliphatic carbocycles. The molecule has 13 heteroatoms. The molecule has 3 N–H and O–H groups in total. The first-order chi connectivity index (χ1) is 15.9. The number of aliphatic hydroxyl groups is 1. The summed E-state index contributed by atoms with van der Waals surface area (Å²) >= 11 is 0. The lowest BCUT2D eigenvalue weighted by Crippen LogP contribution is -2.40. The summed E-state index contributed by atoms with van der Waals surface area (Å²) in [6.07, 6.45) is 3.60. The van der Waals surface area contributed by atoms with Crippen molar-refractivity contribution in [2.24, 2.45) is 10.2 Å². The largest absolute Gasteiger partial charge is 0.395 e. The molecule has 33 heavy (non-hydrogen) atoms. The van der Waals surface area contributed by atoms with Crippen molar-refractivity contribution in [1.29, 1.82) is 5.41 Å². The zero-order chi connectivity index (χ0) is 24.2. The van der Waals surface area contributed by atoms with Crippen molar-refractivity contribution in [3.05, 3.63) is 68.7 Å². The summed E-state index contributed by atoms with van der Waals surface area (Å²) in [6, 6.07) is 6.32. The van der Waals surface area contributed by atoms with Crippen molar-refractivity contribution in [2.75, 3.05) is 50.1 Å². The summed E-state index contributed by atoms with van der Waals surface area (Å²) in [5, 5.41) is 26.7. The summed E-state index contributed by atoms with van der Waals surface area (Å²) in [5.41, 5.74) is 18.7. The molecule has 0 heterocycles. The monoisotopic (exact) mass is 452 g/mol. The molecule has 13 nitrogen and oxygen atoms in total. The van der Waals surface area contributed by atoms with Gasteiger partial charge in [-0.15, -0.1) is 0 Å². The molecule has 1 aromatic carbocycles. The Morgan fingerprint density at radius 3 is 2.42 bits per heavy atom. The Bertz CT molecular complexity index is 1040. The Morgan fingerprint density at radius 2 is 1.82 bits per heavy atom. The lowest BCUT2D eigenvalue weighted by Gasteiger charge is -2.30. The van der Waals surface area contributed by atoms with E-state index in [-0.39, 0.29) is 49.2 Å². The van der Waals surface area contributed by atoms with Crippen LogP contribution in [0.3, 0.4) is 0 Å². The Kier molecular flexibility index (Phi) is 9.47. The Labute approximate surface area is 189 Å². The van der Waals surface area contributed by atoms with Gasteiger partial charge in [-0.05, 0) is 35.3 Å². The molecule has 2 rings (SSSR count). The third kappa shape index (κ3) is 6.84. The molecular weight excluding hydrogens is 428 g/mol. The molecule has 1 aromatic rings. The SMILES string of the molecule is CN(CCO)C1=CC(=O)C(Nc2ccc(N(CCN=[N+]=[N-])C(C=N)CN=[N+]=[N-])cc2)=CC1=O. The van der Waals surface area contributed by atoms with E-state index in [1.165, 1.54) is 17.1 Å². The fraction of sp³-hybridized carbons (Fsp3) is 0.350. The quantitative estimate of drug-likeness (QED) is 0.135. The van der Waals surface area contributed by atoms with Gasteiger partial charge in [0.2, 0.25) is 11.6 Å². The number of hydrogen-bond donors (Lipinski definition) is 3. The number of carbonyl (C=O) groups is 2. The van der Waals surface area contributed by atoms with Crippen LogP contribution in [0.15, 0.2) is 58.0 Å². The second-order valence-corrected chi connectivity index (χ2v) is 6.93. The Hall–Kier alpha value is -4.31. The molecule has 1 atom stereocenters. The number of aliphatic hydroxyl groups excluding tert-OH is 1. The van der Waals surface area contributed by atoms with Gasteiger partial charge >= 0.3 is 0 Å². The van der Waals surface area contributed by atoms with Crippen LogP contribution in [-0.4, -0.2) is 73.7 Å². The van der Waals surface area contributed by atoms with E-state index in [0.717, 1.165) is 6.21 Å². The molecule has 0 aromatic heterocycles. The molecule has 0 saturated heterocycles. The van der Waals surface area contributed by atoms with Crippen LogP contribution >= 0.6 is 0 Å². The Morgan fingerprint density at radius 1 is 1.12 bits per heavy atom. The van der Waals surface area contributed by atoms with E-state index >= 15 is 0 Å². The van der Waals surface area contributed by atoms with Gasteiger partial charge < -0.3 is 25.6 Å². The first-order valence-corrected chi connectivity index (χ1v) is 9.95. The van der Waals surface area contributed by atoms with E-state index in [1.54, 1.807) is 36.2 Å². The second kappa shape index (κ2) is 12.5.